The fourth-order valence-electron chi connectivity index (χ4n) is 2.56. The minimum atomic E-state index is -0.144. The van der Waals surface area contributed by atoms with E-state index < -0.39 is 0 Å². The summed E-state index contributed by atoms with van der Waals surface area (Å²) < 4.78 is 0. The summed E-state index contributed by atoms with van der Waals surface area (Å²) in [5.74, 6) is 0.482. The Bertz CT molecular complexity index is 650. The molecule has 0 aromatic carbocycles. The van der Waals surface area contributed by atoms with Gasteiger partial charge in [0, 0.05) is 18.5 Å². The molecule has 1 aliphatic rings. The van der Waals surface area contributed by atoms with E-state index in [1.165, 1.54) is 12.8 Å². The van der Waals surface area contributed by atoms with Crippen LogP contribution < -0.4 is 16.0 Å². The Hall–Kier alpha value is -2.22. The molecule has 0 bridgehead atoms. The highest BCUT2D eigenvalue weighted by atomic mass is 32.1. The van der Waals surface area contributed by atoms with Gasteiger partial charge in [0.1, 0.15) is 5.82 Å². The standard InChI is InChI=1S/C15H20N6OS/c1-16-15-19-11(9-23-15)8-17-13-7-6-12(20-21-13)14(22)18-10-4-2-3-5-10/h6-7,9-10H,2-5,8H2,1H3,(H,16,19)(H,17,21)(H,18,22). The van der Waals surface area contributed by atoms with E-state index in [0.29, 0.717) is 18.1 Å². The van der Waals surface area contributed by atoms with E-state index in [2.05, 4.69) is 31.1 Å². The normalized spacial score (nSPS) is 14.7. The van der Waals surface area contributed by atoms with E-state index >= 15 is 0 Å². The lowest BCUT2D eigenvalue weighted by molar-refractivity contribution is 0.0932. The lowest BCUT2D eigenvalue weighted by atomic mass is 10.2. The number of aromatic nitrogens is 3. The van der Waals surface area contributed by atoms with Crippen LogP contribution in [0.25, 0.3) is 0 Å². The molecule has 0 radical (unpaired) electrons. The molecule has 0 saturated heterocycles. The topological polar surface area (TPSA) is 91.8 Å². The van der Waals surface area contributed by atoms with Gasteiger partial charge >= 0.3 is 0 Å². The maximum Gasteiger partial charge on any atom is 0.272 e. The third-order valence-corrected chi connectivity index (χ3v) is 4.71. The van der Waals surface area contributed by atoms with Gasteiger partial charge in [0.15, 0.2) is 10.8 Å². The van der Waals surface area contributed by atoms with E-state index in [0.717, 1.165) is 23.7 Å². The fraction of sp³-hybridized carbons (Fsp3) is 0.467. The monoisotopic (exact) mass is 332 g/mol. The van der Waals surface area contributed by atoms with Crippen LogP contribution in [0.3, 0.4) is 0 Å². The molecule has 1 aliphatic carbocycles. The van der Waals surface area contributed by atoms with Crippen molar-refractivity contribution in [3.8, 4) is 0 Å². The number of thiazole rings is 1. The molecule has 7 nitrogen and oxygen atoms in total. The summed E-state index contributed by atoms with van der Waals surface area (Å²) in [4.78, 5) is 16.5. The van der Waals surface area contributed by atoms with Crippen molar-refractivity contribution in [3.63, 3.8) is 0 Å². The Balaban J connectivity index is 1.52. The molecule has 1 fully saturated rings. The molecule has 8 heteroatoms. The zero-order chi connectivity index (χ0) is 16.1. The number of rotatable bonds is 6. The quantitative estimate of drug-likeness (QED) is 0.751. The molecule has 1 amide bonds. The van der Waals surface area contributed by atoms with Crippen molar-refractivity contribution >= 4 is 28.2 Å². The molecule has 2 aromatic heterocycles. The van der Waals surface area contributed by atoms with Crippen LogP contribution in [0.1, 0.15) is 41.9 Å². The average Bonchev–Trinajstić information content (AvgIpc) is 3.24. The first-order chi connectivity index (χ1) is 11.2. The van der Waals surface area contributed by atoms with Gasteiger partial charge in [-0.1, -0.05) is 12.8 Å². The van der Waals surface area contributed by atoms with E-state index in [9.17, 15) is 4.79 Å². The smallest absolute Gasteiger partial charge is 0.272 e. The Morgan fingerprint density at radius 2 is 2.13 bits per heavy atom. The van der Waals surface area contributed by atoms with Crippen molar-refractivity contribution in [2.75, 3.05) is 17.7 Å². The fourth-order valence-corrected chi connectivity index (χ4v) is 3.23. The lowest BCUT2D eigenvalue weighted by Gasteiger charge is -2.11. The summed E-state index contributed by atoms with van der Waals surface area (Å²) in [6.07, 6.45) is 4.48. The molecule has 1 saturated carbocycles. The first-order valence-corrected chi connectivity index (χ1v) is 8.63. The van der Waals surface area contributed by atoms with Crippen LogP contribution in [-0.4, -0.2) is 34.2 Å². The molecule has 0 unspecified atom stereocenters. The van der Waals surface area contributed by atoms with Gasteiger partial charge in [-0.05, 0) is 25.0 Å². The van der Waals surface area contributed by atoms with Crippen molar-refractivity contribution in [2.45, 2.75) is 38.3 Å². The number of amides is 1. The second-order valence-electron chi connectivity index (χ2n) is 5.51. The number of nitrogens with zero attached hydrogens (tertiary/aromatic N) is 3. The highest BCUT2D eigenvalue weighted by Crippen LogP contribution is 2.18. The van der Waals surface area contributed by atoms with Gasteiger partial charge in [-0.3, -0.25) is 4.79 Å². The van der Waals surface area contributed by atoms with Gasteiger partial charge in [-0.2, -0.15) is 0 Å². The highest BCUT2D eigenvalue weighted by Gasteiger charge is 2.18. The summed E-state index contributed by atoms with van der Waals surface area (Å²) in [6.45, 7) is 0.570. The molecule has 3 N–H and O–H groups in total. The van der Waals surface area contributed by atoms with Crippen LogP contribution in [0.15, 0.2) is 17.5 Å². The van der Waals surface area contributed by atoms with E-state index in [4.69, 9.17) is 0 Å². The first-order valence-electron chi connectivity index (χ1n) is 7.75. The second-order valence-corrected chi connectivity index (χ2v) is 6.36. The number of hydrogen-bond acceptors (Lipinski definition) is 7. The molecule has 3 rings (SSSR count). The number of carbonyl (C=O) groups excluding carboxylic acids is 1. The summed E-state index contributed by atoms with van der Waals surface area (Å²) in [5, 5.41) is 20.1. The Labute approximate surface area is 138 Å². The van der Waals surface area contributed by atoms with Crippen molar-refractivity contribution < 1.29 is 4.79 Å². The van der Waals surface area contributed by atoms with Crippen molar-refractivity contribution in [1.82, 2.24) is 20.5 Å². The van der Waals surface area contributed by atoms with Gasteiger partial charge in [-0.25, -0.2) is 4.98 Å². The number of carbonyl (C=O) groups is 1. The summed E-state index contributed by atoms with van der Waals surface area (Å²) >= 11 is 1.55. The predicted molar refractivity (Wildman–Crippen MR) is 90.7 cm³/mol. The Kier molecular flexibility index (Phi) is 5.02. The van der Waals surface area contributed by atoms with E-state index in [1.807, 2.05) is 12.4 Å². The molecule has 0 aliphatic heterocycles. The zero-order valence-corrected chi connectivity index (χ0v) is 13.8. The van der Waals surface area contributed by atoms with Crippen molar-refractivity contribution in [1.29, 1.82) is 0 Å². The Morgan fingerprint density at radius 3 is 2.78 bits per heavy atom. The minimum absolute atomic E-state index is 0.144. The van der Waals surface area contributed by atoms with Gasteiger partial charge < -0.3 is 16.0 Å². The summed E-state index contributed by atoms with van der Waals surface area (Å²) in [7, 11) is 1.84. The average molecular weight is 332 g/mol. The third kappa shape index (κ3) is 4.16. The largest absolute Gasteiger partial charge is 0.365 e. The molecular weight excluding hydrogens is 312 g/mol. The van der Waals surface area contributed by atoms with E-state index in [1.54, 1.807) is 23.5 Å². The second kappa shape index (κ2) is 7.36. The van der Waals surface area contributed by atoms with Gasteiger partial charge in [0.25, 0.3) is 5.91 Å². The maximum absolute atomic E-state index is 12.1. The first kappa shape index (κ1) is 15.7. The lowest BCUT2D eigenvalue weighted by Crippen LogP contribution is -2.33. The predicted octanol–water partition coefficient (Wildman–Crippen LogP) is 2.26. The van der Waals surface area contributed by atoms with Crippen molar-refractivity contribution in [3.05, 3.63) is 28.9 Å². The zero-order valence-electron chi connectivity index (χ0n) is 13.0. The van der Waals surface area contributed by atoms with Gasteiger partial charge in [0.05, 0.1) is 12.2 Å². The van der Waals surface area contributed by atoms with Crippen LogP contribution in [0.2, 0.25) is 0 Å². The number of anilines is 2. The molecule has 2 heterocycles. The molecule has 122 valence electrons. The Morgan fingerprint density at radius 1 is 1.30 bits per heavy atom. The van der Waals surface area contributed by atoms with Crippen LogP contribution in [-0.2, 0) is 6.54 Å². The van der Waals surface area contributed by atoms with Crippen LogP contribution in [0.5, 0.6) is 0 Å². The third-order valence-electron chi connectivity index (χ3n) is 3.80. The molecule has 0 atom stereocenters. The summed E-state index contributed by atoms with van der Waals surface area (Å²) in [5.41, 5.74) is 1.29. The summed E-state index contributed by atoms with van der Waals surface area (Å²) in [6, 6.07) is 3.75. The molecule has 0 spiro atoms. The SMILES string of the molecule is CNc1nc(CNc2ccc(C(=O)NC3CCCC3)nn2)cs1. The molecule has 23 heavy (non-hydrogen) atoms. The highest BCUT2D eigenvalue weighted by molar-refractivity contribution is 7.13. The van der Waals surface area contributed by atoms with Crippen LogP contribution >= 0.6 is 11.3 Å². The van der Waals surface area contributed by atoms with Crippen LogP contribution in [0, 0.1) is 0 Å². The maximum atomic E-state index is 12.1. The number of hydrogen-bond donors (Lipinski definition) is 3. The molecule has 2 aromatic rings. The van der Waals surface area contributed by atoms with Gasteiger partial charge in [0.2, 0.25) is 0 Å². The minimum Gasteiger partial charge on any atom is -0.365 e. The molecular formula is C15H20N6OS. The number of nitrogens with one attached hydrogen (secondary N) is 3. The van der Waals surface area contributed by atoms with E-state index in [-0.39, 0.29) is 11.9 Å². The van der Waals surface area contributed by atoms with Crippen LogP contribution in [0.4, 0.5) is 10.9 Å². The van der Waals surface area contributed by atoms with Crippen molar-refractivity contribution in [2.24, 2.45) is 0 Å². The van der Waals surface area contributed by atoms with Gasteiger partial charge in [-0.15, -0.1) is 21.5 Å².